The summed E-state index contributed by atoms with van der Waals surface area (Å²) < 4.78 is 13.7. The van der Waals surface area contributed by atoms with Crippen LogP contribution in [0.25, 0.3) is 0 Å². The number of thioether (sulfide) groups is 1. The summed E-state index contributed by atoms with van der Waals surface area (Å²) in [5, 5.41) is 18.0. The summed E-state index contributed by atoms with van der Waals surface area (Å²) in [7, 11) is 0. The van der Waals surface area contributed by atoms with E-state index in [0.717, 1.165) is 11.8 Å². The summed E-state index contributed by atoms with van der Waals surface area (Å²) in [6.45, 7) is 1.64. The first-order valence-corrected chi connectivity index (χ1v) is 6.91. The van der Waals surface area contributed by atoms with Gasteiger partial charge in [-0.25, -0.2) is 4.39 Å². The summed E-state index contributed by atoms with van der Waals surface area (Å²) >= 11 is 0.991. The molecule has 1 saturated heterocycles. The molecule has 0 radical (unpaired) electrons. The van der Waals surface area contributed by atoms with Crippen LogP contribution in [0.5, 0.6) is 0 Å². The molecule has 1 aliphatic rings. The predicted octanol–water partition coefficient (Wildman–Crippen LogP) is 1.53. The van der Waals surface area contributed by atoms with Gasteiger partial charge in [0.05, 0.1) is 12.6 Å². The third kappa shape index (κ3) is 3.88. The van der Waals surface area contributed by atoms with Crippen molar-refractivity contribution in [2.75, 3.05) is 0 Å². The Morgan fingerprint density at radius 3 is 3.05 bits per heavy atom. The molecule has 8 heteroatoms. The average Bonchev–Trinajstić information content (AvgIpc) is 2.74. The van der Waals surface area contributed by atoms with Gasteiger partial charge in [0, 0.05) is 5.56 Å². The Kier molecular flexibility index (Phi) is 4.69. The van der Waals surface area contributed by atoms with E-state index in [9.17, 15) is 14.0 Å². The third-order valence-electron chi connectivity index (χ3n) is 2.70. The first-order chi connectivity index (χ1) is 9.97. The van der Waals surface area contributed by atoms with Crippen LogP contribution in [0.4, 0.5) is 4.39 Å². The molecule has 110 valence electrons. The number of benzene rings is 1. The molecule has 0 bridgehead atoms. The highest BCUT2D eigenvalue weighted by Crippen LogP contribution is 2.22. The highest BCUT2D eigenvalue weighted by atomic mass is 32.2. The second-order valence-corrected chi connectivity index (χ2v) is 5.51. The van der Waals surface area contributed by atoms with Crippen LogP contribution in [-0.4, -0.2) is 33.6 Å². The van der Waals surface area contributed by atoms with E-state index >= 15 is 0 Å². The van der Waals surface area contributed by atoms with Crippen molar-refractivity contribution in [1.29, 1.82) is 0 Å². The van der Waals surface area contributed by atoms with Crippen LogP contribution in [0, 0.1) is 12.7 Å². The third-order valence-corrected chi connectivity index (χ3v) is 3.78. The van der Waals surface area contributed by atoms with Crippen LogP contribution < -0.4 is 5.32 Å². The van der Waals surface area contributed by atoms with Crippen molar-refractivity contribution in [3.05, 3.63) is 35.1 Å². The molecule has 1 aromatic rings. The Hall–Kier alpha value is -2.22. The monoisotopic (exact) mass is 309 g/mol. The predicted molar refractivity (Wildman–Crippen MR) is 77.9 cm³/mol. The van der Waals surface area contributed by atoms with Crippen LogP contribution in [0.3, 0.4) is 0 Å². The van der Waals surface area contributed by atoms with Crippen LogP contribution in [0.2, 0.25) is 0 Å². The minimum Gasteiger partial charge on any atom is -0.481 e. The molecule has 1 amide bonds. The molecule has 1 aliphatic heterocycles. The number of carbonyl (C=O) groups is 2. The second-order valence-electron chi connectivity index (χ2n) is 4.32. The van der Waals surface area contributed by atoms with Crippen molar-refractivity contribution < 1.29 is 19.1 Å². The number of amidine groups is 1. The first-order valence-electron chi connectivity index (χ1n) is 6.03. The Bertz CT molecular complexity index is 646. The van der Waals surface area contributed by atoms with E-state index in [0.29, 0.717) is 5.56 Å². The van der Waals surface area contributed by atoms with Gasteiger partial charge in [-0.1, -0.05) is 30.0 Å². The number of halogens is 1. The summed E-state index contributed by atoms with van der Waals surface area (Å²) in [6, 6.07) is 4.89. The van der Waals surface area contributed by atoms with Gasteiger partial charge in [-0.2, -0.15) is 5.10 Å². The van der Waals surface area contributed by atoms with Gasteiger partial charge >= 0.3 is 5.97 Å². The van der Waals surface area contributed by atoms with E-state index in [2.05, 4.69) is 15.5 Å². The van der Waals surface area contributed by atoms with Crippen molar-refractivity contribution in [2.24, 2.45) is 10.2 Å². The fraction of sp³-hybridized carbons (Fsp3) is 0.231. The maximum absolute atomic E-state index is 13.7. The van der Waals surface area contributed by atoms with Crippen molar-refractivity contribution in [3.8, 4) is 0 Å². The molecule has 1 unspecified atom stereocenters. The quantitative estimate of drug-likeness (QED) is 0.652. The fourth-order valence-corrected chi connectivity index (χ4v) is 2.57. The van der Waals surface area contributed by atoms with Crippen molar-refractivity contribution in [2.45, 2.75) is 18.6 Å². The molecule has 2 N–H and O–H groups in total. The molecule has 0 spiro atoms. The van der Waals surface area contributed by atoms with Crippen molar-refractivity contribution in [3.63, 3.8) is 0 Å². The highest BCUT2D eigenvalue weighted by Gasteiger charge is 2.32. The van der Waals surface area contributed by atoms with Crippen LogP contribution in [-0.2, 0) is 9.59 Å². The van der Waals surface area contributed by atoms with Gasteiger partial charge in [-0.05, 0) is 12.5 Å². The van der Waals surface area contributed by atoms with Gasteiger partial charge < -0.3 is 10.4 Å². The smallest absolute Gasteiger partial charge is 0.305 e. The Labute approximate surface area is 124 Å². The lowest BCUT2D eigenvalue weighted by molar-refractivity contribution is -0.138. The largest absolute Gasteiger partial charge is 0.481 e. The van der Waals surface area contributed by atoms with Gasteiger partial charge in [-0.15, -0.1) is 5.10 Å². The van der Waals surface area contributed by atoms with Crippen LogP contribution in [0.1, 0.15) is 17.5 Å². The topological polar surface area (TPSA) is 91.1 Å². The number of hydrogen-bond acceptors (Lipinski definition) is 5. The van der Waals surface area contributed by atoms with Crippen molar-refractivity contribution >= 4 is 35.0 Å². The van der Waals surface area contributed by atoms with E-state index in [1.807, 2.05) is 0 Å². The lowest BCUT2D eigenvalue weighted by Crippen LogP contribution is -2.26. The highest BCUT2D eigenvalue weighted by molar-refractivity contribution is 8.15. The molecule has 0 aromatic heterocycles. The molecule has 21 heavy (non-hydrogen) atoms. The van der Waals surface area contributed by atoms with Gasteiger partial charge in [0.25, 0.3) is 0 Å². The number of aryl methyl sites for hydroxylation is 1. The maximum Gasteiger partial charge on any atom is 0.305 e. The summed E-state index contributed by atoms with van der Waals surface area (Å²) in [6.07, 6.45) is 0.957. The lowest BCUT2D eigenvalue weighted by atomic mass is 10.1. The number of nitrogens with zero attached hydrogens (tertiary/aromatic N) is 2. The summed E-state index contributed by atoms with van der Waals surface area (Å²) in [5.41, 5.74) is 0.785. The van der Waals surface area contributed by atoms with Gasteiger partial charge in [0.2, 0.25) is 5.91 Å². The fourth-order valence-electron chi connectivity index (χ4n) is 1.66. The second kappa shape index (κ2) is 6.49. The molecule has 0 saturated carbocycles. The number of rotatable bonds is 4. The molecule has 2 rings (SSSR count). The maximum atomic E-state index is 13.7. The first kappa shape index (κ1) is 15.2. The molecule has 1 heterocycles. The summed E-state index contributed by atoms with van der Waals surface area (Å²) in [4.78, 5) is 22.0. The minimum absolute atomic E-state index is 0.204. The van der Waals surface area contributed by atoms with Gasteiger partial charge in [0.1, 0.15) is 11.1 Å². The zero-order valence-corrected chi connectivity index (χ0v) is 11.9. The normalized spacial score (nSPS) is 20.2. The molecule has 1 aromatic carbocycles. The van der Waals surface area contributed by atoms with E-state index < -0.39 is 17.1 Å². The molecule has 1 atom stereocenters. The SMILES string of the molecule is Cc1cccc(C=NN=C2NC(=O)C(CC(=O)O)S2)c1F. The zero-order chi connectivity index (χ0) is 15.4. The number of carboxylic acids is 1. The number of carbonyl (C=O) groups excluding carboxylic acids is 1. The number of amides is 1. The number of nitrogens with one attached hydrogen (secondary N) is 1. The molecule has 0 aliphatic carbocycles. The molecular weight excluding hydrogens is 297 g/mol. The minimum atomic E-state index is -1.06. The zero-order valence-electron chi connectivity index (χ0n) is 11.0. The summed E-state index contributed by atoms with van der Waals surface area (Å²) in [5.74, 6) is -1.86. The van der Waals surface area contributed by atoms with E-state index in [4.69, 9.17) is 5.11 Å². The van der Waals surface area contributed by atoms with E-state index in [1.54, 1.807) is 25.1 Å². The van der Waals surface area contributed by atoms with Gasteiger partial charge in [-0.3, -0.25) is 9.59 Å². The van der Waals surface area contributed by atoms with Gasteiger partial charge in [0.15, 0.2) is 5.17 Å². The Balaban J connectivity index is 2.05. The molecule has 1 fully saturated rings. The lowest BCUT2D eigenvalue weighted by Gasteiger charge is -1.98. The van der Waals surface area contributed by atoms with Crippen molar-refractivity contribution in [1.82, 2.24) is 5.32 Å². The standard InChI is InChI=1S/C13H12FN3O3S/c1-7-3-2-4-8(11(7)14)6-15-17-13-16-12(20)9(21-13)5-10(18)19/h2-4,6,9H,5H2,1H3,(H,18,19)(H,16,17,20). The van der Waals surface area contributed by atoms with Crippen LogP contribution >= 0.6 is 11.8 Å². The Morgan fingerprint density at radius 1 is 1.57 bits per heavy atom. The van der Waals surface area contributed by atoms with E-state index in [1.165, 1.54) is 6.21 Å². The van der Waals surface area contributed by atoms with E-state index in [-0.39, 0.29) is 23.0 Å². The molecular formula is C13H12FN3O3S. The number of hydrogen-bond donors (Lipinski definition) is 2. The van der Waals surface area contributed by atoms with Crippen LogP contribution in [0.15, 0.2) is 28.4 Å². The Morgan fingerprint density at radius 2 is 2.33 bits per heavy atom. The number of aliphatic carboxylic acids is 1. The molecule has 6 nitrogen and oxygen atoms in total. The number of carboxylic acid groups (broad SMARTS) is 1. The average molecular weight is 309 g/mol.